The summed E-state index contributed by atoms with van der Waals surface area (Å²) >= 11 is 0. The molecule has 1 heterocycles. The lowest BCUT2D eigenvalue weighted by Gasteiger charge is -2.05. The van der Waals surface area contributed by atoms with Crippen LogP contribution in [0.5, 0.6) is 0 Å². The smallest absolute Gasteiger partial charge is 0.341 e. The van der Waals surface area contributed by atoms with Crippen LogP contribution in [-0.2, 0) is 4.74 Å². The minimum Gasteiger partial charge on any atom is -0.462 e. The molecule has 8 heteroatoms. The fourth-order valence-corrected chi connectivity index (χ4v) is 1.76. The van der Waals surface area contributed by atoms with Crippen molar-refractivity contribution in [1.29, 1.82) is 0 Å². The molecule has 1 aromatic heterocycles. The van der Waals surface area contributed by atoms with Crippen LogP contribution in [-0.4, -0.2) is 27.3 Å². The molecule has 0 fully saturated rings. The van der Waals surface area contributed by atoms with Gasteiger partial charge in [0.15, 0.2) is 0 Å². The maximum absolute atomic E-state index is 13.5. The van der Waals surface area contributed by atoms with Crippen LogP contribution >= 0.6 is 0 Å². The molecule has 0 aliphatic heterocycles. The van der Waals surface area contributed by atoms with E-state index in [1.165, 1.54) is 25.4 Å². The van der Waals surface area contributed by atoms with Gasteiger partial charge in [0, 0.05) is 6.20 Å². The number of nitrogens with zero attached hydrogens (tertiary/aromatic N) is 3. The van der Waals surface area contributed by atoms with Gasteiger partial charge in [-0.05, 0) is 25.5 Å². The Bertz CT molecular complexity index is 711. The van der Waals surface area contributed by atoms with Gasteiger partial charge in [-0.15, -0.1) is 0 Å². The van der Waals surface area contributed by atoms with Crippen molar-refractivity contribution in [3.05, 3.63) is 51.6 Å². The maximum Gasteiger partial charge on any atom is 0.341 e. The van der Waals surface area contributed by atoms with E-state index >= 15 is 0 Å². The molecule has 0 unspecified atom stereocenters. The van der Waals surface area contributed by atoms with Crippen molar-refractivity contribution in [3.63, 3.8) is 0 Å². The second-order valence-electron chi connectivity index (χ2n) is 4.24. The number of halogens is 1. The van der Waals surface area contributed by atoms with Crippen molar-refractivity contribution in [2.75, 3.05) is 6.61 Å². The molecule has 0 saturated heterocycles. The van der Waals surface area contributed by atoms with Crippen molar-refractivity contribution in [2.45, 2.75) is 13.8 Å². The van der Waals surface area contributed by atoms with Gasteiger partial charge in [-0.2, -0.15) is 5.10 Å². The molecule has 0 N–H and O–H groups in total. The second-order valence-corrected chi connectivity index (χ2v) is 4.24. The van der Waals surface area contributed by atoms with Gasteiger partial charge in [0.2, 0.25) is 0 Å². The average molecular weight is 293 g/mol. The summed E-state index contributed by atoms with van der Waals surface area (Å²) in [5.74, 6) is -1.26. The zero-order valence-electron chi connectivity index (χ0n) is 11.4. The molecule has 7 nitrogen and oxygen atoms in total. The first-order valence-electron chi connectivity index (χ1n) is 6.10. The number of rotatable bonds is 4. The number of carbonyl (C=O) groups is 1. The van der Waals surface area contributed by atoms with Crippen molar-refractivity contribution < 1.29 is 18.8 Å². The van der Waals surface area contributed by atoms with Crippen LogP contribution in [0.25, 0.3) is 5.69 Å². The Balaban J connectivity index is 2.49. The number of hydrogen-bond donors (Lipinski definition) is 0. The van der Waals surface area contributed by atoms with Gasteiger partial charge in [0.1, 0.15) is 11.5 Å². The third kappa shape index (κ3) is 2.88. The Morgan fingerprint density at radius 3 is 2.86 bits per heavy atom. The lowest BCUT2D eigenvalue weighted by atomic mass is 10.2. The average Bonchev–Trinajstić information content (AvgIpc) is 2.91. The van der Waals surface area contributed by atoms with Gasteiger partial charge in [-0.25, -0.2) is 13.9 Å². The van der Waals surface area contributed by atoms with Crippen LogP contribution in [0, 0.1) is 22.9 Å². The highest BCUT2D eigenvalue weighted by Crippen LogP contribution is 2.26. The van der Waals surface area contributed by atoms with E-state index in [2.05, 4.69) is 5.10 Å². The minimum atomic E-state index is -0.705. The van der Waals surface area contributed by atoms with E-state index in [9.17, 15) is 19.3 Å². The van der Waals surface area contributed by atoms with Crippen molar-refractivity contribution in [1.82, 2.24) is 9.78 Å². The molecule has 0 aliphatic carbocycles. The molecule has 110 valence electrons. The lowest BCUT2D eigenvalue weighted by molar-refractivity contribution is -0.384. The standard InChI is InChI=1S/C13H12FN3O4/c1-3-21-13(18)9-6-15-16(7-9)11-4-8(2)10(14)5-12(11)17(19)20/h4-7H,3H2,1-2H3. The first-order valence-corrected chi connectivity index (χ1v) is 6.10. The van der Waals surface area contributed by atoms with Gasteiger partial charge in [0.05, 0.1) is 29.4 Å². The summed E-state index contributed by atoms with van der Waals surface area (Å²) in [4.78, 5) is 21.9. The molecule has 2 aromatic rings. The predicted octanol–water partition coefficient (Wildman–Crippen LogP) is 2.40. The molecule has 0 spiro atoms. The Hall–Kier alpha value is -2.77. The van der Waals surface area contributed by atoms with Gasteiger partial charge < -0.3 is 4.74 Å². The highest BCUT2D eigenvalue weighted by atomic mass is 19.1. The molecule has 21 heavy (non-hydrogen) atoms. The Morgan fingerprint density at radius 1 is 1.52 bits per heavy atom. The molecule has 0 amide bonds. The topological polar surface area (TPSA) is 87.3 Å². The molecule has 0 aliphatic rings. The van der Waals surface area contributed by atoms with E-state index in [4.69, 9.17) is 4.74 Å². The first-order chi connectivity index (χ1) is 9.93. The van der Waals surface area contributed by atoms with Crippen LogP contribution in [0.4, 0.5) is 10.1 Å². The van der Waals surface area contributed by atoms with Crippen LogP contribution in [0.15, 0.2) is 24.5 Å². The molecular weight excluding hydrogens is 281 g/mol. The molecule has 0 bridgehead atoms. The molecule has 0 saturated carbocycles. The van der Waals surface area contributed by atoms with Crippen LogP contribution in [0.3, 0.4) is 0 Å². The number of aromatic nitrogens is 2. The quantitative estimate of drug-likeness (QED) is 0.490. The van der Waals surface area contributed by atoms with E-state index in [0.29, 0.717) is 0 Å². The largest absolute Gasteiger partial charge is 0.462 e. The van der Waals surface area contributed by atoms with E-state index in [1.54, 1.807) is 6.92 Å². The summed E-state index contributed by atoms with van der Waals surface area (Å²) in [6.07, 6.45) is 2.54. The summed E-state index contributed by atoms with van der Waals surface area (Å²) in [6.45, 7) is 3.36. The molecule has 0 radical (unpaired) electrons. The zero-order valence-corrected chi connectivity index (χ0v) is 11.4. The number of ether oxygens (including phenoxy) is 1. The number of esters is 1. The summed E-state index contributed by atoms with van der Waals surface area (Å²) in [5, 5.41) is 14.9. The van der Waals surface area contributed by atoms with E-state index in [1.807, 2.05) is 0 Å². The summed E-state index contributed by atoms with van der Waals surface area (Å²) in [7, 11) is 0. The van der Waals surface area contributed by atoms with E-state index in [0.717, 1.165) is 10.7 Å². The zero-order chi connectivity index (χ0) is 15.6. The summed E-state index contributed by atoms with van der Waals surface area (Å²) < 4.78 is 19.4. The van der Waals surface area contributed by atoms with Crippen LogP contribution in [0.1, 0.15) is 22.8 Å². The van der Waals surface area contributed by atoms with Crippen molar-refractivity contribution in [3.8, 4) is 5.69 Å². The fraction of sp³-hybridized carbons (Fsp3) is 0.231. The van der Waals surface area contributed by atoms with Crippen LogP contribution in [0.2, 0.25) is 0 Å². The first kappa shape index (κ1) is 14.6. The van der Waals surface area contributed by atoms with Gasteiger partial charge in [-0.1, -0.05) is 0 Å². The number of carbonyl (C=O) groups excluding carboxylic acids is 1. The Kier molecular flexibility index (Phi) is 3.97. The van der Waals surface area contributed by atoms with Gasteiger partial charge >= 0.3 is 5.97 Å². The Morgan fingerprint density at radius 2 is 2.24 bits per heavy atom. The fourth-order valence-electron chi connectivity index (χ4n) is 1.76. The predicted molar refractivity (Wildman–Crippen MR) is 70.9 cm³/mol. The van der Waals surface area contributed by atoms with Gasteiger partial charge in [0.25, 0.3) is 5.69 Å². The number of nitro groups is 1. The normalized spacial score (nSPS) is 10.4. The number of benzene rings is 1. The van der Waals surface area contributed by atoms with Crippen LogP contribution < -0.4 is 0 Å². The minimum absolute atomic E-state index is 0.0782. The monoisotopic (exact) mass is 293 g/mol. The number of hydrogen-bond acceptors (Lipinski definition) is 5. The molecular formula is C13H12FN3O4. The number of aryl methyl sites for hydroxylation is 1. The van der Waals surface area contributed by atoms with E-state index < -0.39 is 22.4 Å². The SMILES string of the molecule is CCOC(=O)c1cnn(-c2cc(C)c(F)cc2[N+](=O)[O-])c1. The van der Waals surface area contributed by atoms with E-state index in [-0.39, 0.29) is 23.4 Å². The third-order valence-corrected chi connectivity index (χ3v) is 2.79. The Labute approximate surface area is 119 Å². The summed E-state index contributed by atoms with van der Waals surface area (Å²) in [5.41, 5.74) is 0.0444. The molecule has 1 aromatic carbocycles. The highest BCUT2D eigenvalue weighted by Gasteiger charge is 2.20. The molecule has 0 atom stereocenters. The van der Waals surface area contributed by atoms with Crippen molar-refractivity contribution in [2.24, 2.45) is 0 Å². The second kappa shape index (κ2) is 5.70. The van der Waals surface area contributed by atoms with Crippen molar-refractivity contribution >= 4 is 11.7 Å². The highest BCUT2D eigenvalue weighted by molar-refractivity contribution is 5.88. The number of nitro benzene ring substituents is 1. The van der Waals surface area contributed by atoms with Gasteiger partial charge in [-0.3, -0.25) is 10.1 Å². The summed E-state index contributed by atoms with van der Waals surface area (Å²) in [6, 6.07) is 2.13. The maximum atomic E-state index is 13.5. The third-order valence-electron chi connectivity index (χ3n) is 2.79. The lowest BCUT2D eigenvalue weighted by Crippen LogP contribution is -2.04. The molecule has 2 rings (SSSR count).